The van der Waals surface area contributed by atoms with Gasteiger partial charge in [-0.15, -0.1) is 5.16 Å². The molecule has 1 N–H and O–H groups in total. The van der Waals surface area contributed by atoms with Crippen LogP contribution in [-0.4, -0.2) is 24.3 Å². The summed E-state index contributed by atoms with van der Waals surface area (Å²) >= 11 is 0. The summed E-state index contributed by atoms with van der Waals surface area (Å²) in [5.74, 6) is -0.399. The van der Waals surface area contributed by atoms with E-state index in [4.69, 9.17) is 0 Å². The molecule has 0 bridgehead atoms. The van der Waals surface area contributed by atoms with Crippen LogP contribution in [0.2, 0.25) is 0 Å². The largest absolute Gasteiger partial charge is 1.00 e. The van der Waals surface area contributed by atoms with Crippen molar-refractivity contribution in [1.29, 1.82) is 0 Å². The zero-order valence-electron chi connectivity index (χ0n) is 8.53. The molecule has 0 aromatic rings. The fraction of sp³-hybridized carbons (Fsp3) is 0.500. The first kappa shape index (κ1) is 13.5. The van der Waals surface area contributed by atoms with Gasteiger partial charge in [-0.3, -0.25) is 4.79 Å². The van der Waals surface area contributed by atoms with Gasteiger partial charge in [0.15, 0.2) is 5.78 Å². The van der Waals surface area contributed by atoms with Gasteiger partial charge in [-0.2, -0.15) is 0 Å². The average molecular weight is 206 g/mol. The number of carbonyl (C=O) groups is 1. The van der Waals surface area contributed by atoms with Crippen molar-refractivity contribution in [2.75, 3.05) is 6.61 Å². The summed E-state index contributed by atoms with van der Waals surface area (Å²) in [7, 11) is 0. The molecule has 1 heterocycles. The van der Waals surface area contributed by atoms with Crippen molar-refractivity contribution in [3.05, 3.63) is 11.8 Å². The van der Waals surface area contributed by atoms with Crippen LogP contribution in [0.5, 0.6) is 0 Å². The Labute approximate surface area is 104 Å². The Hall–Kier alpha value is -0.520. The minimum Gasteiger partial charge on any atom is -0.858 e. The maximum absolute atomic E-state index is 10.9. The number of oxime groups is 1. The van der Waals surface area contributed by atoms with Crippen molar-refractivity contribution in [3.63, 3.8) is 0 Å². The molecule has 5 nitrogen and oxygen atoms in total. The van der Waals surface area contributed by atoms with E-state index in [9.17, 15) is 9.90 Å². The summed E-state index contributed by atoms with van der Waals surface area (Å²) < 4.78 is 0. The van der Waals surface area contributed by atoms with Gasteiger partial charge in [0.2, 0.25) is 0 Å². The van der Waals surface area contributed by atoms with E-state index >= 15 is 0 Å². The summed E-state index contributed by atoms with van der Waals surface area (Å²) in [4.78, 5) is 15.2. The Kier molecular flexibility index (Phi) is 5.83. The Morgan fingerprint density at radius 3 is 2.79 bits per heavy atom. The van der Waals surface area contributed by atoms with Gasteiger partial charge in [0.05, 0.1) is 6.04 Å². The van der Waals surface area contributed by atoms with E-state index in [0.717, 1.165) is 0 Å². The molecule has 1 aliphatic rings. The zero-order chi connectivity index (χ0) is 9.84. The Morgan fingerprint density at radius 2 is 2.36 bits per heavy atom. The Balaban J connectivity index is 0.00000169. The number of ketones is 1. The molecule has 0 radical (unpaired) electrons. The first-order chi connectivity index (χ1) is 6.09. The van der Waals surface area contributed by atoms with Crippen LogP contribution < -0.4 is 40.0 Å². The van der Waals surface area contributed by atoms with Gasteiger partial charge in [-0.25, -0.2) is 0 Å². The number of hydrogen-bond donors (Lipinski definition) is 1. The van der Waals surface area contributed by atoms with Crippen LogP contribution in [0.4, 0.5) is 0 Å². The molecule has 0 amide bonds. The van der Waals surface area contributed by atoms with Crippen LogP contribution in [-0.2, 0) is 9.63 Å². The average Bonchev–Trinajstić information content (AvgIpc) is 2.34. The maximum Gasteiger partial charge on any atom is 1.00 e. The molecule has 1 rings (SSSR count). The third-order valence-electron chi connectivity index (χ3n) is 1.52. The smallest absolute Gasteiger partial charge is 0.858 e. The number of allylic oxidation sites excluding steroid dienone is 2. The van der Waals surface area contributed by atoms with Crippen molar-refractivity contribution in [3.8, 4) is 0 Å². The van der Waals surface area contributed by atoms with Gasteiger partial charge in [0.1, 0.15) is 6.61 Å². The van der Waals surface area contributed by atoms with Gasteiger partial charge < -0.3 is 15.3 Å². The molecule has 0 saturated carbocycles. The van der Waals surface area contributed by atoms with Crippen LogP contribution in [0.15, 0.2) is 16.9 Å². The quantitative estimate of drug-likeness (QED) is 0.379. The Morgan fingerprint density at radius 1 is 1.71 bits per heavy atom. The van der Waals surface area contributed by atoms with Gasteiger partial charge in [-0.1, -0.05) is 0 Å². The van der Waals surface area contributed by atoms with E-state index in [1.54, 1.807) is 6.92 Å². The standard InChI is InChI=1S/C8H12N2O3.Na/c1-5(3-6(2)11)9-7-4-13-10-8(7)12;/h3,7,9H,4H2,1-2H3,(H,10,12);/q;+1/p-1/b5-3-;/t7-;/m1./s1. The number of rotatable bonds is 3. The molecule has 0 saturated heterocycles. The Bertz CT molecular complexity index is 276. The maximum atomic E-state index is 10.9. The second-order valence-electron chi connectivity index (χ2n) is 2.86. The molecular weight excluding hydrogens is 195 g/mol. The predicted molar refractivity (Wildman–Crippen MR) is 44.7 cm³/mol. The van der Waals surface area contributed by atoms with Crippen LogP contribution in [0, 0.1) is 0 Å². The van der Waals surface area contributed by atoms with Gasteiger partial charge >= 0.3 is 29.6 Å². The number of hydrogen-bond acceptors (Lipinski definition) is 5. The fourth-order valence-electron chi connectivity index (χ4n) is 1.04. The summed E-state index contributed by atoms with van der Waals surface area (Å²) in [5.41, 5.74) is 0.645. The monoisotopic (exact) mass is 206 g/mol. The molecule has 72 valence electrons. The van der Waals surface area contributed by atoms with E-state index in [2.05, 4.69) is 15.3 Å². The minimum absolute atomic E-state index is 0. The first-order valence-electron chi connectivity index (χ1n) is 3.92. The molecule has 0 fully saturated rings. The number of nitrogens with one attached hydrogen (secondary N) is 1. The van der Waals surface area contributed by atoms with Gasteiger partial charge in [0.25, 0.3) is 0 Å². The van der Waals surface area contributed by atoms with Crippen molar-refractivity contribution in [1.82, 2.24) is 5.32 Å². The molecule has 0 aromatic heterocycles. The van der Waals surface area contributed by atoms with Crippen LogP contribution in [0.25, 0.3) is 0 Å². The predicted octanol–water partition coefficient (Wildman–Crippen LogP) is -3.85. The van der Waals surface area contributed by atoms with E-state index in [-0.39, 0.29) is 47.8 Å². The fourth-order valence-corrected chi connectivity index (χ4v) is 1.04. The molecular formula is C8H11N2NaO3. The zero-order valence-corrected chi connectivity index (χ0v) is 10.5. The molecule has 6 heteroatoms. The molecule has 0 aromatic carbocycles. The summed E-state index contributed by atoms with van der Waals surface area (Å²) in [6.45, 7) is 3.39. The summed E-state index contributed by atoms with van der Waals surface area (Å²) in [5, 5.41) is 17.0. The van der Waals surface area contributed by atoms with Crippen molar-refractivity contribution < 1.29 is 44.3 Å². The molecule has 1 atom stereocenters. The van der Waals surface area contributed by atoms with Gasteiger partial charge in [-0.05, 0) is 19.9 Å². The van der Waals surface area contributed by atoms with Gasteiger partial charge in [0, 0.05) is 11.6 Å². The minimum atomic E-state index is -0.449. The second kappa shape index (κ2) is 6.06. The normalized spacial score (nSPS) is 20.6. The topological polar surface area (TPSA) is 73.8 Å². The molecule has 0 spiro atoms. The number of carbonyl (C=O) groups excluding carboxylic acids is 1. The molecule has 0 unspecified atom stereocenters. The number of nitrogens with zero attached hydrogens (tertiary/aromatic N) is 1. The van der Waals surface area contributed by atoms with E-state index in [1.165, 1.54) is 13.0 Å². The first-order valence-corrected chi connectivity index (χ1v) is 3.92. The third kappa shape index (κ3) is 4.13. The van der Waals surface area contributed by atoms with E-state index in [0.29, 0.717) is 5.70 Å². The van der Waals surface area contributed by atoms with Crippen LogP contribution in [0.1, 0.15) is 13.8 Å². The second-order valence-corrected chi connectivity index (χ2v) is 2.86. The van der Waals surface area contributed by atoms with Crippen molar-refractivity contribution in [2.45, 2.75) is 19.9 Å². The van der Waals surface area contributed by atoms with Crippen LogP contribution >= 0.6 is 0 Å². The molecule has 0 aliphatic carbocycles. The molecule has 14 heavy (non-hydrogen) atoms. The SMILES string of the molecule is CC(=O)/C=C(/C)N[C@@H]1CON=C1[O-].[Na+]. The van der Waals surface area contributed by atoms with Crippen molar-refractivity contribution >= 4 is 11.7 Å². The van der Waals surface area contributed by atoms with Crippen LogP contribution in [0.3, 0.4) is 0 Å². The molecule has 1 aliphatic heterocycles. The summed E-state index contributed by atoms with van der Waals surface area (Å²) in [6, 6.07) is -0.449. The third-order valence-corrected chi connectivity index (χ3v) is 1.52. The van der Waals surface area contributed by atoms with E-state index in [1.807, 2.05) is 0 Å². The summed E-state index contributed by atoms with van der Waals surface area (Å²) in [6.07, 6.45) is 1.42. The van der Waals surface area contributed by atoms with Crippen molar-refractivity contribution in [2.24, 2.45) is 5.16 Å². The van der Waals surface area contributed by atoms with E-state index < -0.39 is 6.04 Å².